The highest BCUT2D eigenvalue weighted by Crippen LogP contribution is 2.26. The first-order valence-electron chi connectivity index (χ1n) is 5.04. The average molecular weight is 230 g/mol. The Kier molecular flexibility index (Phi) is 3.36. The van der Waals surface area contributed by atoms with Crippen LogP contribution in [0.5, 0.6) is 5.75 Å². The molecule has 1 aromatic rings. The van der Waals surface area contributed by atoms with E-state index in [1.807, 2.05) is 0 Å². The third-order valence-electron chi connectivity index (χ3n) is 2.41. The van der Waals surface area contributed by atoms with Gasteiger partial charge in [-0.25, -0.2) is 8.78 Å². The molecule has 0 spiro atoms. The maximum atomic E-state index is 13.4. The Morgan fingerprint density at radius 1 is 1.38 bits per heavy atom. The van der Waals surface area contributed by atoms with Gasteiger partial charge < -0.3 is 14.6 Å². The highest BCUT2D eigenvalue weighted by Gasteiger charge is 2.21. The smallest absolute Gasteiger partial charge is 0.191 e. The highest BCUT2D eigenvalue weighted by molar-refractivity contribution is 5.31. The summed E-state index contributed by atoms with van der Waals surface area (Å²) in [5.74, 6) is -1.99. The van der Waals surface area contributed by atoms with Crippen LogP contribution in [-0.4, -0.2) is 24.4 Å². The van der Waals surface area contributed by atoms with Crippen molar-refractivity contribution in [2.24, 2.45) is 0 Å². The molecule has 1 aromatic carbocycles. The first-order chi connectivity index (χ1) is 7.70. The first-order valence-corrected chi connectivity index (χ1v) is 5.04. The fourth-order valence-electron chi connectivity index (χ4n) is 1.59. The molecule has 5 heteroatoms. The molecule has 0 aromatic heterocycles. The Labute approximate surface area is 91.6 Å². The summed E-state index contributed by atoms with van der Waals surface area (Å²) in [4.78, 5) is 0. The van der Waals surface area contributed by atoms with Crippen LogP contribution in [0.15, 0.2) is 12.1 Å². The first kappa shape index (κ1) is 11.3. The molecule has 1 heterocycles. The minimum atomic E-state index is -0.795. The van der Waals surface area contributed by atoms with E-state index in [2.05, 4.69) is 0 Å². The Bertz CT molecular complexity index is 352. The van der Waals surface area contributed by atoms with Crippen molar-refractivity contribution in [2.45, 2.75) is 19.1 Å². The van der Waals surface area contributed by atoms with Crippen LogP contribution in [0.4, 0.5) is 8.78 Å². The topological polar surface area (TPSA) is 38.7 Å². The summed E-state index contributed by atoms with van der Waals surface area (Å²) in [5, 5.41) is 8.77. The van der Waals surface area contributed by atoms with Crippen LogP contribution in [0.25, 0.3) is 0 Å². The van der Waals surface area contributed by atoms with Crippen LogP contribution in [-0.2, 0) is 11.3 Å². The van der Waals surface area contributed by atoms with Gasteiger partial charge in [0.15, 0.2) is 17.4 Å². The van der Waals surface area contributed by atoms with E-state index in [1.54, 1.807) is 0 Å². The molecular formula is C11H12F2O3. The number of ether oxygens (including phenoxy) is 2. The zero-order chi connectivity index (χ0) is 11.5. The number of hydrogen-bond acceptors (Lipinski definition) is 3. The van der Waals surface area contributed by atoms with Crippen molar-refractivity contribution in [1.82, 2.24) is 0 Å². The quantitative estimate of drug-likeness (QED) is 0.857. The molecule has 2 rings (SSSR count). The normalized spacial score (nSPS) is 20.1. The van der Waals surface area contributed by atoms with Crippen molar-refractivity contribution in [3.05, 3.63) is 29.3 Å². The monoisotopic (exact) mass is 230 g/mol. The molecule has 1 aliphatic heterocycles. The molecule has 1 aliphatic rings. The van der Waals surface area contributed by atoms with Crippen molar-refractivity contribution >= 4 is 0 Å². The fraction of sp³-hybridized carbons (Fsp3) is 0.455. The predicted molar refractivity (Wildman–Crippen MR) is 52.1 cm³/mol. The molecule has 0 saturated carbocycles. The number of halogens is 2. The molecular weight excluding hydrogens is 218 g/mol. The summed E-state index contributed by atoms with van der Waals surface area (Å²) in [6.07, 6.45) is 0.324. The molecule has 1 unspecified atom stereocenters. The van der Waals surface area contributed by atoms with Crippen LogP contribution in [0.2, 0.25) is 0 Å². The molecule has 0 aliphatic carbocycles. The van der Waals surface area contributed by atoms with Gasteiger partial charge >= 0.3 is 0 Å². The van der Waals surface area contributed by atoms with Gasteiger partial charge in [0, 0.05) is 6.42 Å². The Balaban J connectivity index is 2.19. The molecule has 0 bridgehead atoms. The van der Waals surface area contributed by atoms with Gasteiger partial charge in [0.05, 0.1) is 19.8 Å². The van der Waals surface area contributed by atoms with Gasteiger partial charge in [0.1, 0.15) is 6.10 Å². The molecule has 0 amide bonds. The Morgan fingerprint density at radius 3 is 2.56 bits per heavy atom. The van der Waals surface area contributed by atoms with Crippen molar-refractivity contribution < 1.29 is 23.4 Å². The summed E-state index contributed by atoms with van der Waals surface area (Å²) in [5.41, 5.74) is 0.185. The van der Waals surface area contributed by atoms with Crippen LogP contribution in [0.1, 0.15) is 12.0 Å². The van der Waals surface area contributed by atoms with Gasteiger partial charge in [-0.2, -0.15) is 0 Å². The lowest BCUT2D eigenvalue weighted by molar-refractivity contribution is 0.134. The zero-order valence-electron chi connectivity index (χ0n) is 8.58. The number of rotatable bonds is 3. The lowest BCUT2D eigenvalue weighted by atomic mass is 10.2. The van der Waals surface area contributed by atoms with E-state index in [4.69, 9.17) is 14.6 Å². The van der Waals surface area contributed by atoms with Crippen LogP contribution < -0.4 is 4.74 Å². The van der Waals surface area contributed by atoms with Crippen molar-refractivity contribution in [3.63, 3.8) is 0 Å². The summed E-state index contributed by atoms with van der Waals surface area (Å²) in [7, 11) is 0. The van der Waals surface area contributed by atoms with E-state index in [0.29, 0.717) is 19.6 Å². The van der Waals surface area contributed by atoms with Gasteiger partial charge in [0.25, 0.3) is 0 Å². The molecule has 0 radical (unpaired) electrons. The van der Waals surface area contributed by atoms with E-state index in [0.717, 1.165) is 12.1 Å². The van der Waals surface area contributed by atoms with E-state index < -0.39 is 24.0 Å². The highest BCUT2D eigenvalue weighted by atomic mass is 19.1. The SMILES string of the molecule is OCc1cc(F)c(OC2CCOC2)c(F)c1. The standard InChI is InChI=1S/C11H12F2O3/c12-9-3-7(5-14)4-10(13)11(9)16-8-1-2-15-6-8/h3-4,8,14H,1-2,5-6H2. The molecule has 1 atom stereocenters. The largest absolute Gasteiger partial charge is 0.482 e. The summed E-state index contributed by atoms with van der Waals surface area (Å²) >= 11 is 0. The second-order valence-electron chi connectivity index (χ2n) is 3.65. The van der Waals surface area contributed by atoms with Crippen molar-refractivity contribution in [1.29, 1.82) is 0 Å². The van der Waals surface area contributed by atoms with E-state index in [1.165, 1.54) is 0 Å². The van der Waals surface area contributed by atoms with Gasteiger partial charge in [-0.1, -0.05) is 0 Å². The minimum Gasteiger partial charge on any atom is -0.482 e. The summed E-state index contributed by atoms with van der Waals surface area (Å²) in [6.45, 7) is 0.490. The van der Waals surface area contributed by atoms with E-state index in [-0.39, 0.29) is 11.7 Å². The molecule has 16 heavy (non-hydrogen) atoms. The van der Waals surface area contributed by atoms with Crippen LogP contribution in [0, 0.1) is 11.6 Å². The second-order valence-corrected chi connectivity index (χ2v) is 3.65. The Morgan fingerprint density at radius 2 is 2.06 bits per heavy atom. The van der Waals surface area contributed by atoms with Crippen molar-refractivity contribution in [3.8, 4) is 5.75 Å². The molecule has 1 fully saturated rings. The molecule has 88 valence electrons. The number of aliphatic hydroxyl groups excluding tert-OH is 1. The van der Waals surface area contributed by atoms with E-state index in [9.17, 15) is 8.78 Å². The lowest BCUT2D eigenvalue weighted by Crippen LogP contribution is -2.17. The van der Waals surface area contributed by atoms with Gasteiger partial charge in [-0.05, 0) is 17.7 Å². The minimum absolute atomic E-state index is 0.185. The molecule has 1 saturated heterocycles. The average Bonchev–Trinajstić information content (AvgIpc) is 2.75. The zero-order valence-corrected chi connectivity index (χ0v) is 8.58. The van der Waals surface area contributed by atoms with Crippen molar-refractivity contribution in [2.75, 3.05) is 13.2 Å². The molecule has 1 N–H and O–H groups in total. The summed E-state index contributed by atoms with van der Waals surface area (Å²) in [6, 6.07) is 2.13. The van der Waals surface area contributed by atoms with E-state index >= 15 is 0 Å². The summed E-state index contributed by atoms with van der Waals surface area (Å²) < 4.78 is 37.1. The van der Waals surface area contributed by atoms with Crippen LogP contribution >= 0.6 is 0 Å². The third kappa shape index (κ3) is 2.31. The maximum Gasteiger partial charge on any atom is 0.191 e. The predicted octanol–water partition coefficient (Wildman–Crippen LogP) is 1.62. The number of hydrogen-bond donors (Lipinski definition) is 1. The number of aliphatic hydroxyl groups is 1. The molecule has 3 nitrogen and oxygen atoms in total. The maximum absolute atomic E-state index is 13.4. The second kappa shape index (κ2) is 4.76. The van der Waals surface area contributed by atoms with Gasteiger partial charge in [0.2, 0.25) is 0 Å². The van der Waals surface area contributed by atoms with Crippen LogP contribution in [0.3, 0.4) is 0 Å². The van der Waals surface area contributed by atoms with Gasteiger partial charge in [-0.3, -0.25) is 0 Å². The lowest BCUT2D eigenvalue weighted by Gasteiger charge is -2.13. The third-order valence-corrected chi connectivity index (χ3v) is 2.41. The number of benzene rings is 1. The van der Waals surface area contributed by atoms with Gasteiger partial charge in [-0.15, -0.1) is 0 Å². The fourth-order valence-corrected chi connectivity index (χ4v) is 1.59. The Hall–Kier alpha value is -1.20.